The predicted molar refractivity (Wildman–Crippen MR) is 80.2 cm³/mol. The zero-order valence-corrected chi connectivity index (χ0v) is 12.2. The SMILES string of the molecule is CCCCN(CCCC)C(=O)Nc1cc(O)cc(O)c1. The van der Waals surface area contributed by atoms with E-state index in [1.165, 1.54) is 18.2 Å². The second-order valence-corrected chi connectivity index (χ2v) is 4.86. The zero-order valence-electron chi connectivity index (χ0n) is 12.2. The molecule has 0 unspecified atom stereocenters. The van der Waals surface area contributed by atoms with Gasteiger partial charge in [-0.1, -0.05) is 26.7 Å². The monoisotopic (exact) mass is 280 g/mol. The average molecular weight is 280 g/mol. The molecule has 0 aliphatic rings. The number of urea groups is 1. The molecule has 1 aromatic rings. The van der Waals surface area contributed by atoms with Crippen LogP contribution in [0, 0.1) is 0 Å². The Labute approximate surface area is 120 Å². The summed E-state index contributed by atoms with van der Waals surface area (Å²) < 4.78 is 0. The number of nitrogens with zero attached hydrogens (tertiary/aromatic N) is 1. The Kier molecular flexibility index (Phi) is 6.70. The van der Waals surface area contributed by atoms with E-state index in [-0.39, 0.29) is 17.5 Å². The van der Waals surface area contributed by atoms with Crippen molar-refractivity contribution in [3.05, 3.63) is 18.2 Å². The van der Waals surface area contributed by atoms with Crippen molar-refractivity contribution < 1.29 is 15.0 Å². The molecule has 0 aromatic heterocycles. The normalized spacial score (nSPS) is 10.3. The Morgan fingerprint density at radius 1 is 1.05 bits per heavy atom. The van der Waals surface area contributed by atoms with Crippen LogP contribution in [0.15, 0.2) is 18.2 Å². The highest BCUT2D eigenvalue weighted by atomic mass is 16.3. The van der Waals surface area contributed by atoms with Crippen LogP contribution in [-0.2, 0) is 0 Å². The van der Waals surface area contributed by atoms with Gasteiger partial charge >= 0.3 is 6.03 Å². The molecule has 3 N–H and O–H groups in total. The van der Waals surface area contributed by atoms with Gasteiger partial charge in [-0.2, -0.15) is 0 Å². The fourth-order valence-corrected chi connectivity index (χ4v) is 1.88. The summed E-state index contributed by atoms with van der Waals surface area (Å²) in [4.78, 5) is 14.0. The van der Waals surface area contributed by atoms with Crippen molar-refractivity contribution in [2.75, 3.05) is 18.4 Å². The first kappa shape index (κ1) is 16.1. The number of benzene rings is 1. The predicted octanol–water partition coefficient (Wildman–Crippen LogP) is 3.53. The molecule has 0 heterocycles. The summed E-state index contributed by atoms with van der Waals surface area (Å²) in [5.41, 5.74) is 0.394. The molecular formula is C15H24N2O3. The van der Waals surface area contributed by atoms with Crippen molar-refractivity contribution >= 4 is 11.7 Å². The van der Waals surface area contributed by atoms with Crippen molar-refractivity contribution in [1.82, 2.24) is 4.90 Å². The first-order chi connectivity index (χ1) is 9.56. The molecule has 0 saturated heterocycles. The van der Waals surface area contributed by atoms with E-state index in [1.807, 2.05) is 0 Å². The average Bonchev–Trinajstić information content (AvgIpc) is 2.37. The van der Waals surface area contributed by atoms with Gasteiger partial charge < -0.3 is 20.4 Å². The van der Waals surface area contributed by atoms with Crippen LogP contribution in [-0.4, -0.2) is 34.2 Å². The summed E-state index contributed by atoms with van der Waals surface area (Å²) in [7, 11) is 0. The van der Waals surface area contributed by atoms with Crippen molar-refractivity contribution in [1.29, 1.82) is 0 Å². The third kappa shape index (κ3) is 5.38. The van der Waals surface area contributed by atoms with E-state index in [4.69, 9.17) is 0 Å². The maximum atomic E-state index is 12.2. The van der Waals surface area contributed by atoms with Crippen molar-refractivity contribution in [2.45, 2.75) is 39.5 Å². The molecule has 2 amide bonds. The van der Waals surface area contributed by atoms with E-state index in [0.717, 1.165) is 25.7 Å². The van der Waals surface area contributed by atoms with Gasteiger partial charge in [0.2, 0.25) is 0 Å². The van der Waals surface area contributed by atoms with E-state index < -0.39 is 0 Å². The van der Waals surface area contributed by atoms with Gasteiger partial charge in [-0.05, 0) is 12.8 Å². The number of amides is 2. The lowest BCUT2D eigenvalue weighted by Gasteiger charge is -2.23. The van der Waals surface area contributed by atoms with Gasteiger partial charge in [0.15, 0.2) is 0 Å². The highest BCUT2D eigenvalue weighted by molar-refractivity contribution is 5.89. The van der Waals surface area contributed by atoms with Gasteiger partial charge in [-0.15, -0.1) is 0 Å². The molecule has 1 aromatic carbocycles. The zero-order chi connectivity index (χ0) is 15.0. The number of phenols is 2. The van der Waals surface area contributed by atoms with E-state index in [2.05, 4.69) is 19.2 Å². The molecule has 0 fully saturated rings. The van der Waals surface area contributed by atoms with E-state index >= 15 is 0 Å². The number of aromatic hydroxyl groups is 2. The maximum absolute atomic E-state index is 12.2. The summed E-state index contributed by atoms with van der Waals surface area (Å²) in [6, 6.07) is 3.85. The first-order valence-corrected chi connectivity index (χ1v) is 7.15. The number of rotatable bonds is 7. The lowest BCUT2D eigenvalue weighted by Crippen LogP contribution is -2.36. The van der Waals surface area contributed by atoms with Gasteiger partial charge in [0.1, 0.15) is 11.5 Å². The van der Waals surface area contributed by atoms with Crippen LogP contribution in [0.3, 0.4) is 0 Å². The molecule has 0 bridgehead atoms. The Hall–Kier alpha value is -1.91. The fraction of sp³-hybridized carbons (Fsp3) is 0.533. The van der Waals surface area contributed by atoms with Crippen LogP contribution in [0.1, 0.15) is 39.5 Å². The lowest BCUT2D eigenvalue weighted by atomic mass is 10.2. The van der Waals surface area contributed by atoms with Gasteiger partial charge in [-0.3, -0.25) is 0 Å². The number of anilines is 1. The highest BCUT2D eigenvalue weighted by Gasteiger charge is 2.13. The Morgan fingerprint density at radius 3 is 2.00 bits per heavy atom. The van der Waals surface area contributed by atoms with Crippen LogP contribution in [0.25, 0.3) is 0 Å². The molecule has 0 spiro atoms. The lowest BCUT2D eigenvalue weighted by molar-refractivity contribution is 0.210. The summed E-state index contributed by atoms with van der Waals surface area (Å²) in [5, 5.41) is 21.5. The summed E-state index contributed by atoms with van der Waals surface area (Å²) in [6.45, 7) is 5.60. The number of hydrogen-bond acceptors (Lipinski definition) is 3. The molecular weight excluding hydrogens is 256 g/mol. The number of hydrogen-bond donors (Lipinski definition) is 3. The summed E-state index contributed by atoms with van der Waals surface area (Å²) >= 11 is 0. The third-order valence-electron chi connectivity index (χ3n) is 3.00. The highest BCUT2D eigenvalue weighted by Crippen LogP contribution is 2.24. The van der Waals surface area contributed by atoms with Crippen LogP contribution < -0.4 is 5.32 Å². The maximum Gasteiger partial charge on any atom is 0.321 e. The summed E-state index contributed by atoms with van der Waals surface area (Å²) in [5.74, 6) is -0.150. The molecule has 0 atom stereocenters. The molecule has 0 radical (unpaired) electrons. The van der Waals surface area contributed by atoms with Crippen LogP contribution in [0.2, 0.25) is 0 Å². The molecule has 5 heteroatoms. The van der Waals surface area contributed by atoms with Gasteiger partial charge in [0.25, 0.3) is 0 Å². The second kappa shape index (κ2) is 8.30. The van der Waals surface area contributed by atoms with E-state index in [1.54, 1.807) is 4.90 Å². The minimum atomic E-state index is -0.197. The van der Waals surface area contributed by atoms with E-state index in [9.17, 15) is 15.0 Å². The van der Waals surface area contributed by atoms with Crippen LogP contribution in [0.5, 0.6) is 11.5 Å². The number of unbranched alkanes of at least 4 members (excludes halogenated alkanes) is 2. The fourth-order valence-electron chi connectivity index (χ4n) is 1.88. The van der Waals surface area contributed by atoms with Gasteiger partial charge in [-0.25, -0.2) is 4.79 Å². The second-order valence-electron chi connectivity index (χ2n) is 4.86. The molecule has 1 rings (SSSR count). The molecule has 0 aliphatic heterocycles. The van der Waals surface area contributed by atoms with Gasteiger partial charge in [0, 0.05) is 37.0 Å². The quantitative estimate of drug-likeness (QED) is 0.715. The Bertz CT molecular complexity index is 407. The number of carbonyl (C=O) groups excluding carboxylic acids is 1. The first-order valence-electron chi connectivity index (χ1n) is 7.15. The third-order valence-corrected chi connectivity index (χ3v) is 3.00. The molecule has 5 nitrogen and oxygen atoms in total. The number of carbonyl (C=O) groups is 1. The van der Waals surface area contributed by atoms with Gasteiger partial charge in [0.05, 0.1) is 0 Å². The molecule has 0 aliphatic carbocycles. The standard InChI is InChI=1S/C15H24N2O3/c1-3-5-7-17(8-6-4-2)15(20)16-12-9-13(18)11-14(19)10-12/h9-11,18-19H,3-8H2,1-2H3,(H,16,20). The van der Waals surface area contributed by atoms with Crippen LogP contribution in [0.4, 0.5) is 10.5 Å². The smallest absolute Gasteiger partial charge is 0.321 e. The molecule has 112 valence electrons. The largest absolute Gasteiger partial charge is 0.508 e. The summed E-state index contributed by atoms with van der Waals surface area (Å²) in [6.07, 6.45) is 3.98. The van der Waals surface area contributed by atoms with Crippen LogP contribution >= 0.6 is 0 Å². The number of nitrogens with one attached hydrogen (secondary N) is 1. The topological polar surface area (TPSA) is 72.8 Å². The Balaban J connectivity index is 2.68. The minimum absolute atomic E-state index is 0.0750. The van der Waals surface area contributed by atoms with Crippen molar-refractivity contribution in [2.24, 2.45) is 0 Å². The molecule has 20 heavy (non-hydrogen) atoms. The number of phenolic OH excluding ortho intramolecular Hbond substituents is 2. The van der Waals surface area contributed by atoms with Crippen molar-refractivity contribution in [3.8, 4) is 11.5 Å². The minimum Gasteiger partial charge on any atom is -0.508 e. The molecule has 0 saturated carbocycles. The van der Waals surface area contributed by atoms with Crippen molar-refractivity contribution in [3.63, 3.8) is 0 Å². The van der Waals surface area contributed by atoms with E-state index in [0.29, 0.717) is 18.8 Å². The Morgan fingerprint density at radius 2 is 1.55 bits per heavy atom.